The van der Waals surface area contributed by atoms with Crippen molar-refractivity contribution in [3.63, 3.8) is 0 Å². The summed E-state index contributed by atoms with van der Waals surface area (Å²) in [7, 11) is 1.37. The Labute approximate surface area is 146 Å². The van der Waals surface area contributed by atoms with Gasteiger partial charge in [0.15, 0.2) is 0 Å². The van der Waals surface area contributed by atoms with Gasteiger partial charge < -0.3 is 10.1 Å². The van der Waals surface area contributed by atoms with E-state index in [-0.39, 0.29) is 18.4 Å². The second-order valence-electron chi connectivity index (χ2n) is 4.51. The molecule has 0 bridgehead atoms. The number of nitrogens with one attached hydrogen (secondary N) is 1. The Morgan fingerprint density at radius 2 is 1.86 bits per heavy atom. The van der Waals surface area contributed by atoms with Crippen LogP contribution in [0.2, 0.25) is 10.0 Å². The molecule has 0 aliphatic rings. The van der Waals surface area contributed by atoms with Crippen LogP contribution in [-0.2, 0) is 17.8 Å². The minimum Gasteiger partial charge on any atom is -0.465 e. The fourth-order valence-corrected chi connectivity index (χ4v) is 2.34. The number of hydrogen-bond donors (Lipinski definition) is 1. The van der Waals surface area contributed by atoms with Gasteiger partial charge in [0.2, 0.25) is 0 Å². The molecule has 0 atom stereocenters. The molecule has 0 fully saturated rings. The van der Waals surface area contributed by atoms with Gasteiger partial charge in [0.05, 0.1) is 22.7 Å². The number of carbonyl (C=O) groups excluding carboxylic acids is 1. The van der Waals surface area contributed by atoms with Gasteiger partial charge in [-0.3, -0.25) is 0 Å². The molecule has 0 aliphatic heterocycles. The average Bonchev–Trinajstić information content (AvgIpc) is 2.51. The zero-order valence-electron chi connectivity index (χ0n) is 11.9. The number of rotatable bonds is 5. The number of ether oxygens (including phenoxy) is 1. The zero-order valence-corrected chi connectivity index (χ0v) is 14.3. The van der Waals surface area contributed by atoms with Crippen molar-refractivity contribution in [2.24, 2.45) is 0 Å². The molecule has 0 saturated carbocycles. The number of esters is 1. The molecule has 0 aliphatic carbocycles. The van der Waals surface area contributed by atoms with Gasteiger partial charge in [0.1, 0.15) is 0 Å². The SMILES string of the molecule is COC(=O)c1cccc(CNCc2cccc(Cl)c2Cl)c1.Cl. The highest BCUT2D eigenvalue weighted by Crippen LogP contribution is 2.25. The van der Waals surface area contributed by atoms with Crippen LogP contribution in [-0.4, -0.2) is 13.1 Å². The lowest BCUT2D eigenvalue weighted by molar-refractivity contribution is 0.0600. The van der Waals surface area contributed by atoms with E-state index >= 15 is 0 Å². The van der Waals surface area contributed by atoms with E-state index in [4.69, 9.17) is 27.9 Å². The highest BCUT2D eigenvalue weighted by atomic mass is 35.5. The smallest absolute Gasteiger partial charge is 0.337 e. The first-order valence-corrected chi connectivity index (χ1v) is 7.18. The molecule has 22 heavy (non-hydrogen) atoms. The maximum absolute atomic E-state index is 11.5. The normalized spacial score (nSPS) is 9.95. The monoisotopic (exact) mass is 359 g/mol. The molecular weight excluding hydrogens is 345 g/mol. The van der Waals surface area contributed by atoms with Crippen molar-refractivity contribution in [2.45, 2.75) is 13.1 Å². The first-order valence-electron chi connectivity index (χ1n) is 6.42. The summed E-state index contributed by atoms with van der Waals surface area (Å²) >= 11 is 12.1. The molecule has 3 nitrogen and oxygen atoms in total. The Kier molecular flexibility index (Phi) is 7.69. The molecule has 2 aromatic carbocycles. The first-order chi connectivity index (χ1) is 10.1. The molecule has 0 spiro atoms. The summed E-state index contributed by atoms with van der Waals surface area (Å²) in [4.78, 5) is 11.5. The zero-order chi connectivity index (χ0) is 15.2. The average molecular weight is 361 g/mol. The maximum atomic E-state index is 11.5. The van der Waals surface area contributed by atoms with Gasteiger partial charge in [-0.05, 0) is 29.3 Å². The highest BCUT2D eigenvalue weighted by molar-refractivity contribution is 6.42. The van der Waals surface area contributed by atoms with Crippen LogP contribution in [0.3, 0.4) is 0 Å². The van der Waals surface area contributed by atoms with E-state index in [0.717, 1.165) is 11.1 Å². The van der Waals surface area contributed by atoms with Crippen molar-refractivity contribution in [2.75, 3.05) is 7.11 Å². The summed E-state index contributed by atoms with van der Waals surface area (Å²) in [5.74, 6) is -0.338. The van der Waals surface area contributed by atoms with Gasteiger partial charge in [-0.15, -0.1) is 12.4 Å². The molecule has 0 unspecified atom stereocenters. The van der Waals surface area contributed by atoms with Crippen LogP contribution in [0, 0.1) is 0 Å². The van der Waals surface area contributed by atoms with E-state index in [1.165, 1.54) is 7.11 Å². The van der Waals surface area contributed by atoms with Crippen LogP contribution in [0.5, 0.6) is 0 Å². The number of halogens is 3. The third kappa shape index (κ3) is 4.89. The second-order valence-corrected chi connectivity index (χ2v) is 5.29. The number of carbonyl (C=O) groups is 1. The van der Waals surface area contributed by atoms with E-state index in [0.29, 0.717) is 28.7 Å². The molecule has 2 rings (SSSR count). The largest absolute Gasteiger partial charge is 0.465 e. The van der Waals surface area contributed by atoms with Crippen molar-refractivity contribution in [3.05, 3.63) is 69.2 Å². The molecule has 0 radical (unpaired) electrons. The van der Waals surface area contributed by atoms with Gasteiger partial charge >= 0.3 is 5.97 Å². The van der Waals surface area contributed by atoms with Crippen LogP contribution >= 0.6 is 35.6 Å². The standard InChI is InChI=1S/C16H15Cl2NO2.ClH/c1-21-16(20)12-5-2-4-11(8-12)9-19-10-13-6-3-7-14(17)15(13)18;/h2-8,19H,9-10H2,1H3;1H. The molecule has 2 aromatic rings. The van der Waals surface area contributed by atoms with E-state index in [2.05, 4.69) is 5.32 Å². The Morgan fingerprint density at radius 1 is 1.14 bits per heavy atom. The van der Waals surface area contributed by atoms with Crippen molar-refractivity contribution < 1.29 is 9.53 Å². The fraction of sp³-hybridized carbons (Fsp3) is 0.188. The number of methoxy groups -OCH3 is 1. The molecule has 6 heteroatoms. The van der Waals surface area contributed by atoms with Crippen molar-refractivity contribution in [1.82, 2.24) is 5.32 Å². The molecule has 0 amide bonds. The molecule has 0 saturated heterocycles. The van der Waals surface area contributed by atoms with E-state index in [1.54, 1.807) is 18.2 Å². The fourth-order valence-electron chi connectivity index (χ4n) is 1.95. The Bertz CT molecular complexity index is 647. The summed E-state index contributed by atoms with van der Waals surface area (Å²) < 4.78 is 4.70. The summed E-state index contributed by atoms with van der Waals surface area (Å²) in [6.45, 7) is 1.22. The van der Waals surface area contributed by atoms with Crippen molar-refractivity contribution >= 4 is 41.6 Å². The Morgan fingerprint density at radius 3 is 2.59 bits per heavy atom. The topological polar surface area (TPSA) is 38.3 Å². The van der Waals surface area contributed by atoms with Crippen LogP contribution in [0.25, 0.3) is 0 Å². The Hall–Kier alpha value is -1.26. The molecule has 0 aromatic heterocycles. The maximum Gasteiger partial charge on any atom is 0.337 e. The van der Waals surface area contributed by atoms with E-state index < -0.39 is 0 Å². The number of hydrogen-bond acceptors (Lipinski definition) is 3. The lowest BCUT2D eigenvalue weighted by Gasteiger charge is -2.08. The predicted octanol–water partition coefficient (Wildman–Crippen LogP) is 4.49. The van der Waals surface area contributed by atoms with Gasteiger partial charge in [0.25, 0.3) is 0 Å². The van der Waals surface area contributed by atoms with Crippen LogP contribution in [0.1, 0.15) is 21.5 Å². The minimum atomic E-state index is -0.338. The van der Waals surface area contributed by atoms with Crippen molar-refractivity contribution in [3.8, 4) is 0 Å². The minimum absolute atomic E-state index is 0. The first kappa shape index (κ1) is 18.8. The highest BCUT2D eigenvalue weighted by Gasteiger charge is 2.06. The summed E-state index contributed by atoms with van der Waals surface area (Å²) in [6.07, 6.45) is 0. The second kappa shape index (κ2) is 9.01. The van der Waals surface area contributed by atoms with E-state index in [9.17, 15) is 4.79 Å². The van der Waals surface area contributed by atoms with Crippen molar-refractivity contribution in [1.29, 1.82) is 0 Å². The van der Waals surface area contributed by atoms with Gasteiger partial charge in [0, 0.05) is 13.1 Å². The van der Waals surface area contributed by atoms with Crippen LogP contribution in [0.4, 0.5) is 0 Å². The molecule has 1 N–H and O–H groups in total. The lowest BCUT2D eigenvalue weighted by Crippen LogP contribution is -2.13. The molecular formula is C16H16Cl3NO2. The third-order valence-electron chi connectivity index (χ3n) is 3.02. The summed E-state index contributed by atoms with van der Waals surface area (Å²) in [5.41, 5.74) is 2.47. The molecule has 0 heterocycles. The number of benzene rings is 2. The quantitative estimate of drug-likeness (QED) is 0.798. The van der Waals surface area contributed by atoms with Gasteiger partial charge in [-0.2, -0.15) is 0 Å². The van der Waals surface area contributed by atoms with E-state index in [1.807, 2.05) is 24.3 Å². The lowest BCUT2D eigenvalue weighted by atomic mass is 10.1. The van der Waals surface area contributed by atoms with Gasteiger partial charge in [-0.25, -0.2) is 4.79 Å². The molecule has 118 valence electrons. The predicted molar refractivity (Wildman–Crippen MR) is 92.0 cm³/mol. The van der Waals surface area contributed by atoms with Crippen LogP contribution in [0.15, 0.2) is 42.5 Å². The Balaban J connectivity index is 0.00000242. The summed E-state index contributed by atoms with van der Waals surface area (Å²) in [6, 6.07) is 12.8. The summed E-state index contributed by atoms with van der Waals surface area (Å²) in [5, 5.41) is 4.38. The van der Waals surface area contributed by atoms with Crippen LogP contribution < -0.4 is 5.32 Å². The third-order valence-corrected chi connectivity index (χ3v) is 3.88. The van der Waals surface area contributed by atoms with Gasteiger partial charge in [-0.1, -0.05) is 47.5 Å².